The Morgan fingerprint density at radius 2 is 1.74 bits per heavy atom. The molecule has 1 amide bonds. The Hall–Kier alpha value is -3.27. The van der Waals surface area contributed by atoms with Crippen LogP contribution >= 0.6 is 50.1 Å². The molecule has 4 aromatic carbocycles. The first kappa shape index (κ1) is 26.3. The van der Waals surface area contributed by atoms with Gasteiger partial charge < -0.3 is 4.74 Å². The van der Waals surface area contributed by atoms with E-state index in [4.69, 9.17) is 21.3 Å². The summed E-state index contributed by atoms with van der Waals surface area (Å²) < 4.78 is 7.91. The van der Waals surface area contributed by atoms with E-state index < -0.39 is 0 Å². The van der Waals surface area contributed by atoms with Gasteiger partial charge in [0.05, 0.1) is 26.6 Å². The minimum Gasteiger partial charge on any atom is -0.487 e. The van der Waals surface area contributed by atoms with E-state index in [0.717, 1.165) is 41.3 Å². The van der Waals surface area contributed by atoms with Crippen molar-refractivity contribution in [1.29, 1.82) is 0 Å². The molecule has 1 aromatic heterocycles. The van der Waals surface area contributed by atoms with Crippen LogP contribution in [-0.4, -0.2) is 17.1 Å². The third-order valence-electron chi connectivity index (χ3n) is 5.73. The average Bonchev–Trinajstić information content (AvgIpc) is 2.93. The number of benzene rings is 4. The van der Waals surface area contributed by atoms with E-state index in [1.807, 2.05) is 91.0 Å². The summed E-state index contributed by atoms with van der Waals surface area (Å²) in [6, 6.07) is 30.5. The second-order valence-corrected chi connectivity index (χ2v) is 10.9. The monoisotopic (exact) mass is 695 g/mol. The van der Waals surface area contributed by atoms with Gasteiger partial charge in [0.15, 0.2) is 0 Å². The van der Waals surface area contributed by atoms with Crippen molar-refractivity contribution in [3.05, 3.63) is 127 Å². The Bertz CT molecular complexity index is 1640. The quantitative estimate of drug-likeness (QED) is 0.106. The number of nitrogens with zero attached hydrogens (tertiary/aromatic N) is 2. The molecule has 188 valence electrons. The molecular formula is C30H20BrClIN3O2. The number of hydrogen-bond acceptors (Lipinski definition) is 4. The van der Waals surface area contributed by atoms with E-state index >= 15 is 0 Å². The van der Waals surface area contributed by atoms with E-state index in [2.05, 4.69) is 49.0 Å². The number of halogens is 3. The van der Waals surface area contributed by atoms with Crippen molar-refractivity contribution < 1.29 is 9.53 Å². The van der Waals surface area contributed by atoms with Gasteiger partial charge in [0.2, 0.25) is 0 Å². The van der Waals surface area contributed by atoms with Crippen molar-refractivity contribution in [2.75, 3.05) is 0 Å². The minimum absolute atomic E-state index is 0.328. The molecule has 1 N–H and O–H groups in total. The minimum atomic E-state index is -0.328. The van der Waals surface area contributed by atoms with Gasteiger partial charge in [-0.2, -0.15) is 5.10 Å². The molecule has 0 fully saturated rings. The molecule has 0 atom stereocenters. The molecule has 0 bridgehead atoms. The van der Waals surface area contributed by atoms with E-state index in [1.165, 1.54) is 0 Å². The van der Waals surface area contributed by atoms with E-state index in [9.17, 15) is 4.79 Å². The average molecular weight is 697 g/mol. The lowest BCUT2D eigenvalue weighted by molar-refractivity contribution is 0.0956. The third-order valence-corrected chi connectivity index (χ3v) is 7.24. The number of nitrogens with one attached hydrogen (secondary N) is 1. The number of aromatic nitrogens is 1. The number of ether oxygens (including phenoxy) is 1. The van der Waals surface area contributed by atoms with Gasteiger partial charge in [0.1, 0.15) is 12.4 Å². The summed E-state index contributed by atoms with van der Waals surface area (Å²) >= 11 is 11.7. The molecule has 0 aliphatic rings. The van der Waals surface area contributed by atoms with Crippen LogP contribution in [0.3, 0.4) is 0 Å². The largest absolute Gasteiger partial charge is 0.487 e. The fraction of sp³-hybridized carbons (Fsp3) is 0.0333. The molecule has 0 unspecified atom stereocenters. The number of hydrazone groups is 1. The fourth-order valence-electron chi connectivity index (χ4n) is 3.91. The molecule has 0 saturated heterocycles. The molecule has 0 spiro atoms. The topological polar surface area (TPSA) is 63.6 Å². The normalized spacial score (nSPS) is 11.1. The number of carbonyl (C=O) groups is 1. The van der Waals surface area contributed by atoms with Crippen LogP contribution in [0, 0.1) is 3.57 Å². The molecule has 0 aliphatic carbocycles. The maximum Gasteiger partial charge on any atom is 0.272 e. The summed E-state index contributed by atoms with van der Waals surface area (Å²) in [5, 5.41) is 5.70. The molecule has 0 aliphatic heterocycles. The van der Waals surface area contributed by atoms with Gasteiger partial charge in [-0.3, -0.25) is 4.79 Å². The zero-order valence-corrected chi connectivity index (χ0v) is 24.4. The van der Waals surface area contributed by atoms with Crippen LogP contribution in [0.2, 0.25) is 5.02 Å². The first-order valence-corrected chi connectivity index (χ1v) is 13.9. The summed E-state index contributed by atoms with van der Waals surface area (Å²) in [5.41, 5.74) is 7.28. The van der Waals surface area contributed by atoms with Crippen LogP contribution in [0.4, 0.5) is 0 Å². The van der Waals surface area contributed by atoms with Gasteiger partial charge in [-0.1, -0.05) is 88.2 Å². The van der Waals surface area contributed by atoms with Crippen LogP contribution in [0.15, 0.2) is 107 Å². The van der Waals surface area contributed by atoms with Crippen LogP contribution in [0.1, 0.15) is 21.5 Å². The lowest BCUT2D eigenvalue weighted by Gasteiger charge is -2.12. The highest BCUT2D eigenvalue weighted by Gasteiger charge is 2.14. The predicted molar refractivity (Wildman–Crippen MR) is 165 cm³/mol. The maximum absolute atomic E-state index is 13.3. The SMILES string of the molecule is O=C(N/N=C\c1cc(Br)cc(I)c1OCc1ccc(Cl)cc1)c1cc(-c2ccccc2)nc2ccccc12. The molecule has 0 radical (unpaired) electrons. The Labute approximate surface area is 247 Å². The highest BCUT2D eigenvalue weighted by atomic mass is 127. The van der Waals surface area contributed by atoms with E-state index in [-0.39, 0.29) is 5.91 Å². The second kappa shape index (κ2) is 12.1. The molecule has 0 saturated carbocycles. The van der Waals surface area contributed by atoms with Gasteiger partial charge in [0.25, 0.3) is 5.91 Å². The standard InChI is InChI=1S/C30H20BrClIN3O2/c31-22-14-21(29(26(33)15-22)38-18-19-10-12-23(32)13-11-19)17-34-36-30(37)25-16-28(20-6-2-1-3-7-20)35-27-9-5-4-8-24(25)27/h1-17H,18H2,(H,36,37)/b34-17-. The number of amides is 1. The van der Waals surface area contributed by atoms with Crippen molar-refractivity contribution >= 4 is 73.1 Å². The highest BCUT2D eigenvalue weighted by Crippen LogP contribution is 2.30. The van der Waals surface area contributed by atoms with Crippen molar-refractivity contribution in [3.8, 4) is 17.0 Å². The number of fused-ring (bicyclic) bond motifs is 1. The number of pyridine rings is 1. The smallest absolute Gasteiger partial charge is 0.272 e. The van der Waals surface area contributed by atoms with Crippen molar-refractivity contribution in [2.45, 2.75) is 6.61 Å². The molecule has 8 heteroatoms. The second-order valence-electron chi connectivity index (χ2n) is 8.36. The third kappa shape index (κ3) is 6.23. The predicted octanol–water partition coefficient (Wildman–Crippen LogP) is 8.27. The first-order chi connectivity index (χ1) is 18.5. The molecule has 38 heavy (non-hydrogen) atoms. The fourth-order valence-corrected chi connectivity index (χ4v) is 5.74. The highest BCUT2D eigenvalue weighted by molar-refractivity contribution is 14.1. The summed E-state index contributed by atoms with van der Waals surface area (Å²) in [6.07, 6.45) is 1.59. The van der Waals surface area contributed by atoms with Gasteiger partial charge in [-0.05, 0) is 64.6 Å². The van der Waals surface area contributed by atoms with Crippen molar-refractivity contribution in [2.24, 2.45) is 5.10 Å². The maximum atomic E-state index is 13.3. The van der Waals surface area contributed by atoms with Crippen LogP contribution in [0.5, 0.6) is 5.75 Å². The van der Waals surface area contributed by atoms with Crippen LogP contribution in [0.25, 0.3) is 22.2 Å². The van der Waals surface area contributed by atoms with Crippen LogP contribution in [-0.2, 0) is 6.61 Å². The molecule has 5 nitrogen and oxygen atoms in total. The number of para-hydroxylation sites is 1. The molecule has 1 heterocycles. The van der Waals surface area contributed by atoms with Gasteiger partial charge in [0, 0.05) is 26.0 Å². The van der Waals surface area contributed by atoms with E-state index in [1.54, 1.807) is 12.3 Å². The zero-order chi connectivity index (χ0) is 26.5. The summed E-state index contributed by atoms with van der Waals surface area (Å²) in [7, 11) is 0. The van der Waals surface area contributed by atoms with Gasteiger partial charge in [-0.15, -0.1) is 0 Å². The lowest BCUT2D eigenvalue weighted by atomic mass is 10.0. The van der Waals surface area contributed by atoms with Gasteiger partial charge in [-0.25, -0.2) is 10.4 Å². The summed E-state index contributed by atoms with van der Waals surface area (Å²) in [4.78, 5) is 18.0. The molecular weight excluding hydrogens is 677 g/mol. The number of rotatable bonds is 7. The summed E-state index contributed by atoms with van der Waals surface area (Å²) in [6.45, 7) is 0.368. The Morgan fingerprint density at radius 1 is 1.00 bits per heavy atom. The first-order valence-electron chi connectivity index (χ1n) is 11.6. The van der Waals surface area contributed by atoms with Crippen molar-refractivity contribution in [1.82, 2.24) is 10.4 Å². The zero-order valence-electron chi connectivity index (χ0n) is 19.9. The number of hydrogen-bond donors (Lipinski definition) is 1. The Kier molecular flexibility index (Phi) is 8.36. The van der Waals surface area contributed by atoms with Crippen LogP contribution < -0.4 is 10.2 Å². The van der Waals surface area contributed by atoms with E-state index in [0.29, 0.717) is 22.9 Å². The van der Waals surface area contributed by atoms with Gasteiger partial charge >= 0.3 is 0 Å². The molecule has 5 rings (SSSR count). The lowest BCUT2D eigenvalue weighted by Crippen LogP contribution is -2.18. The van der Waals surface area contributed by atoms with Crippen molar-refractivity contribution in [3.63, 3.8) is 0 Å². The Balaban J connectivity index is 1.40. The Morgan fingerprint density at radius 3 is 2.53 bits per heavy atom. The summed E-state index contributed by atoms with van der Waals surface area (Å²) in [5.74, 6) is 0.341. The number of carbonyl (C=O) groups excluding carboxylic acids is 1. The molecule has 5 aromatic rings.